The molecule has 1 aliphatic rings. The molecule has 1 heterocycles. The summed E-state index contributed by atoms with van der Waals surface area (Å²) in [4.78, 5) is 25.4. The Morgan fingerprint density at radius 3 is 1.71 bits per heavy atom. The number of hydrogen-bond acceptors (Lipinski definition) is 6. The lowest BCUT2D eigenvalue weighted by atomic mass is 9.96. The zero-order chi connectivity index (χ0) is 36.6. The summed E-state index contributed by atoms with van der Waals surface area (Å²) in [6, 6.07) is 21.3. The minimum atomic E-state index is -0.266. The number of ether oxygens (including phenoxy) is 4. The Bertz CT molecular complexity index is 1450. The molecule has 0 N–H and O–H groups in total. The number of carbonyl (C=O) groups excluding carboxylic acids is 2. The zero-order valence-corrected chi connectivity index (χ0v) is 32.1. The van der Waals surface area contributed by atoms with Crippen molar-refractivity contribution in [3.63, 3.8) is 0 Å². The van der Waals surface area contributed by atoms with E-state index in [0.717, 1.165) is 61.0 Å². The highest BCUT2D eigenvalue weighted by Crippen LogP contribution is 2.41. The average molecular weight is 713 g/mol. The van der Waals surface area contributed by atoms with Crippen molar-refractivity contribution in [2.24, 2.45) is 0 Å². The lowest BCUT2D eigenvalue weighted by Crippen LogP contribution is -2.17. The third kappa shape index (κ3) is 15.4. The minimum Gasteiger partial charge on any atom is -0.488 e. The van der Waals surface area contributed by atoms with Crippen LogP contribution in [0.5, 0.6) is 23.0 Å². The van der Waals surface area contributed by atoms with Gasteiger partial charge in [-0.25, -0.2) is 0 Å². The normalized spacial score (nSPS) is 13.6. The molecule has 284 valence electrons. The third-order valence-electron chi connectivity index (χ3n) is 9.99. The molecule has 3 aromatic rings. The summed E-state index contributed by atoms with van der Waals surface area (Å²) in [5.41, 5.74) is 3.03. The molecule has 4 rings (SSSR count). The van der Waals surface area contributed by atoms with E-state index >= 15 is 0 Å². The minimum absolute atomic E-state index is 0.199. The number of aryl methyl sites for hydroxylation is 1. The van der Waals surface area contributed by atoms with Gasteiger partial charge in [0.1, 0.15) is 35.7 Å². The summed E-state index contributed by atoms with van der Waals surface area (Å²) in [7, 11) is 0. The van der Waals surface area contributed by atoms with Crippen molar-refractivity contribution in [2.45, 2.75) is 168 Å². The van der Waals surface area contributed by atoms with E-state index in [9.17, 15) is 9.59 Å². The second-order valence-electron chi connectivity index (χ2n) is 14.5. The van der Waals surface area contributed by atoms with Crippen molar-refractivity contribution in [3.8, 4) is 23.0 Å². The van der Waals surface area contributed by atoms with Crippen LogP contribution in [0.15, 0.2) is 66.7 Å². The van der Waals surface area contributed by atoms with E-state index in [1.165, 1.54) is 89.9 Å². The Morgan fingerprint density at radius 1 is 0.615 bits per heavy atom. The molecule has 0 spiro atoms. The SMILES string of the molecule is CCCCCCCCCCCC(=O)Oc1ccc2c(c1)OC(c1ccc(OC(=O)CCCCCCCCCCC)cc1OCc1ccccc1)CC2. The Labute approximate surface area is 314 Å². The van der Waals surface area contributed by atoms with Gasteiger partial charge in [0.05, 0.1) is 0 Å². The molecule has 0 radical (unpaired) electrons. The molecule has 52 heavy (non-hydrogen) atoms. The zero-order valence-electron chi connectivity index (χ0n) is 32.1. The highest BCUT2D eigenvalue weighted by atomic mass is 16.5. The highest BCUT2D eigenvalue weighted by Gasteiger charge is 2.26. The van der Waals surface area contributed by atoms with Crippen LogP contribution >= 0.6 is 0 Å². The van der Waals surface area contributed by atoms with Crippen LogP contribution in [0.1, 0.15) is 171 Å². The van der Waals surface area contributed by atoms with E-state index in [0.29, 0.717) is 36.7 Å². The van der Waals surface area contributed by atoms with Crippen molar-refractivity contribution in [1.29, 1.82) is 0 Å². The maximum absolute atomic E-state index is 12.8. The molecule has 6 nitrogen and oxygen atoms in total. The first-order valence-corrected chi connectivity index (χ1v) is 20.6. The molecule has 0 saturated heterocycles. The van der Waals surface area contributed by atoms with Crippen LogP contribution in [0.25, 0.3) is 0 Å². The summed E-state index contributed by atoms with van der Waals surface area (Å²) in [5, 5.41) is 0. The summed E-state index contributed by atoms with van der Waals surface area (Å²) < 4.78 is 24.4. The summed E-state index contributed by atoms with van der Waals surface area (Å²) in [5.74, 6) is 1.92. The molecule has 0 bridgehead atoms. The number of fused-ring (bicyclic) bond motifs is 1. The van der Waals surface area contributed by atoms with Gasteiger partial charge >= 0.3 is 11.9 Å². The lowest BCUT2D eigenvalue weighted by molar-refractivity contribution is -0.135. The largest absolute Gasteiger partial charge is 0.488 e. The summed E-state index contributed by atoms with van der Waals surface area (Å²) in [6.07, 6.45) is 23.9. The highest BCUT2D eigenvalue weighted by molar-refractivity contribution is 5.73. The predicted molar refractivity (Wildman–Crippen MR) is 210 cm³/mol. The average Bonchev–Trinajstić information content (AvgIpc) is 3.16. The van der Waals surface area contributed by atoms with Crippen LogP contribution in [-0.2, 0) is 22.6 Å². The fourth-order valence-corrected chi connectivity index (χ4v) is 6.86. The maximum Gasteiger partial charge on any atom is 0.311 e. The van der Waals surface area contributed by atoms with E-state index in [-0.39, 0.29) is 18.0 Å². The molecule has 0 aliphatic carbocycles. The number of carbonyl (C=O) groups is 2. The van der Waals surface area contributed by atoms with E-state index in [4.69, 9.17) is 18.9 Å². The van der Waals surface area contributed by atoms with Crippen molar-refractivity contribution >= 4 is 11.9 Å². The number of esters is 2. The van der Waals surface area contributed by atoms with Crippen LogP contribution in [0.4, 0.5) is 0 Å². The monoisotopic (exact) mass is 712 g/mol. The van der Waals surface area contributed by atoms with Crippen molar-refractivity contribution in [1.82, 2.24) is 0 Å². The molecule has 0 saturated carbocycles. The van der Waals surface area contributed by atoms with Gasteiger partial charge in [0.15, 0.2) is 0 Å². The molecule has 6 heteroatoms. The van der Waals surface area contributed by atoms with Gasteiger partial charge in [-0.1, -0.05) is 153 Å². The topological polar surface area (TPSA) is 71.1 Å². The first-order valence-electron chi connectivity index (χ1n) is 20.6. The molecule has 0 aromatic heterocycles. The van der Waals surface area contributed by atoms with Gasteiger partial charge in [0, 0.05) is 30.5 Å². The second kappa shape index (κ2) is 24.4. The van der Waals surface area contributed by atoms with Gasteiger partial charge in [0.25, 0.3) is 0 Å². The van der Waals surface area contributed by atoms with Crippen molar-refractivity contribution in [3.05, 3.63) is 83.4 Å². The molecule has 0 fully saturated rings. The van der Waals surface area contributed by atoms with Crippen LogP contribution in [0.2, 0.25) is 0 Å². The van der Waals surface area contributed by atoms with E-state index < -0.39 is 0 Å². The maximum atomic E-state index is 12.8. The Morgan fingerprint density at radius 2 is 1.13 bits per heavy atom. The number of hydrogen-bond donors (Lipinski definition) is 0. The molecular weight excluding hydrogens is 649 g/mol. The number of unbranched alkanes of at least 4 members (excludes halogenated alkanes) is 16. The van der Waals surface area contributed by atoms with Gasteiger partial charge in [-0.15, -0.1) is 0 Å². The van der Waals surface area contributed by atoms with Crippen LogP contribution in [-0.4, -0.2) is 11.9 Å². The van der Waals surface area contributed by atoms with E-state index in [2.05, 4.69) is 13.8 Å². The molecule has 0 amide bonds. The smallest absolute Gasteiger partial charge is 0.311 e. The second-order valence-corrected chi connectivity index (χ2v) is 14.5. The molecule has 1 unspecified atom stereocenters. The van der Waals surface area contributed by atoms with Crippen molar-refractivity contribution < 1.29 is 28.5 Å². The fraction of sp³-hybridized carbons (Fsp3) is 0.565. The van der Waals surface area contributed by atoms with Gasteiger partial charge in [0.2, 0.25) is 0 Å². The number of benzene rings is 3. The standard InChI is InChI=1S/C46H64O6/c1-3-5-7-9-11-13-15-17-22-26-45(47)50-39-30-28-38-29-33-42(52-43(38)34-39)41-32-31-40(35-44(41)49-36-37-24-20-19-21-25-37)51-46(48)27-23-18-16-14-12-10-8-6-4-2/h19-21,24-25,28,30-32,34-35,42H,3-18,22-23,26-27,29,33,36H2,1-2H3. The summed E-state index contributed by atoms with van der Waals surface area (Å²) in [6.45, 7) is 4.87. The quantitative estimate of drug-likeness (QED) is 0.0469. The van der Waals surface area contributed by atoms with Crippen LogP contribution in [0, 0.1) is 0 Å². The molecule has 1 aliphatic heterocycles. The molecule has 1 atom stereocenters. The Kier molecular flexibility index (Phi) is 19.3. The van der Waals surface area contributed by atoms with Gasteiger partial charge in [-0.2, -0.15) is 0 Å². The first-order chi connectivity index (χ1) is 25.6. The van der Waals surface area contributed by atoms with Crippen LogP contribution < -0.4 is 18.9 Å². The van der Waals surface area contributed by atoms with Gasteiger partial charge in [-0.05, 0) is 55.0 Å². The van der Waals surface area contributed by atoms with Gasteiger partial charge in [-0.3, -0.25) is 9.59 Å². The van der Waals surface area contributed by atoms with Crippen molar-refractivity contribution in [2.75, 3.05) is 0 Å². The van der Waals surface area contributed by atoms with E-state index in [1.54, 1.807) is 0 Å². The first kappa shape index (κ1) is 41.0. The molecule has 3 aromatic carbocycles. The molecular formula is C46H64O6. The fourth-order valence-electron chi connectivity index (χ4n) is 6.86. The Hall–Kier alpha value is -3.80. The lowest BCUT2D eigenvalue weighted by Gasteiger charge is -2.28. The third-order valence-corrected chi connectivity index (χ3v) is 9.99. The van der Waals surface area contributed by atoms with E-state index in [1.807, 2.05) is 66.7 Å². The summed E-state index contributed by atoms with van der Waals surface area (Å²) >= 11 is 0. The number of rotatable bonds is 26. The predicted octanol–water partition coefficient (Wildman–Crippen LogP) is 13.0. The van der Waals surface area contributed by atoms with Gasteiger partial charge < -0.3 is 18.9 Å². The van der Waals surface area contributed by atoms with Crippen LogP contribution in [0.3, 0.4) is 0 Å². The Balaban J connectivity index is 1.30.